The average molecular weight is 704 g/mol. The molecule has 2 rings (SSSR count). The van der Waals surface area contributed by atoms with E-state index in [4.69, 9.17) is 0 Å². The number of aryl methyl sites for hydroxylation is 2. The first-order valence-corrected chi connectivity index (χ1v) is 17.4. The molecular formula is C40H62O6Zn. The second-order valence-electron chi connectivity index (χ2n) is 15.8. The molecule has 0 bridgehead atoms. The molecule has 0 saturated heterocycles. The van der Waals surface area contributed by atoms with E-state index in [1.807, 2.05) is 53.7 Å². The number of carbonyl (C=O) groups excluding carboxylic acids is 2. The molecule has 260 valence electrons. The third-order valence-corrected chi connectivity index (χ3v) is 8.50. The van der Waals surface area contributed by atoms with Crippen LogP contribution in [-0.2, 0) is 43.1 Å². The summed E-state index contributed by atoms with van der Waals surface area (Å²) in [4.78, 5) is 22.5. The van der Waals surface area contributed by atoms with E-state index in [1.165, 1.54) is 50.7 Å². The molecule has 0 aliphatic carbocycles. The van der Waals surface area contributed by atoms with Crippen LogP contribution in [-0.4, -0.2) is 22.2 Å². The fourth-order valence-corrected chi connectivity index (χ4v) is 5.39. The number of rotatable bonds is 16. The minimum absolute atomic E-state index is 0. The Labute approximate surface area is 298 Å². The number of carboxylic acids is 2. The second kappa shape index (κ2) is 20.9. The van der Waals surface area contributed by atoms with Crippen molar-refractivity contribution < 1.29 is 49.5 Å². The predicted octanol–water partition coefficient (Wildman–Crippen LogP) is 8.40. The van der Waals surface area contributed by atoms with Gasteiger partial charge in [-0.2, -0.15) is 0 Å². The van der Waals surface area contributed by atoms with Gasteiger partial charge < -0.3 is 30.0 Å². The van der Waals surface area contributed by atoms with E-state index < -0.39 is 11.9 Å². The molecule has 0 radical (unpaired) electrons. The summed E-state index contributed by atoms with van der Waals surface area (Å²) >= 11 is 0. The van der Waals surface area contributed by atoms with Gasteiger partial charge in [0, 0.05) is 11.1 Å². The molecule has 7 heteroatoms. The fraction of sp³-hybridized carbons (Fsp3) is 0.650. The van der Waals surface area contributed by atoms with E-state index in [-0.39, 0.29) is 52.9 Å². The molecule has 0 atom stereocenters. The molecule has 0 saturated carbocycles. The van der Waals surface area contributed by atoms with E-state index in [0.29, 0.717) is 12.8 Å². The van der Waals surface area contributed by atoms with Crippen LogP contribution in [0.15, 0.2) is 24.3 Å². The minimum atomic E-state index is -1.31. The van der Waals surface area contributed by atoms with Gasteiger partial charge in [-0.25, -0.2) is 0 Å². The molecule has 0 aromatic heterocycles. The van der Waals surface area contributed by atoms with Crippen LogP contribution in [0.3, 0.4) is 0 Å². The summed E-state index contributed by atoms with van der Waals surface area (Å²) in [6.07, 6.45) is 12.9. The number of carboxylic acid groups (broad SMARTS) is 2. The Morgan fingerprint density at radius 1 is 0.574 bits per heavy atom. The van der Waals surface area contributed by atoms with Crippen LogP contribution in [0, 0.1) is 11.8 Å². The molecule has 2 aromatic rings. The van der Waals surface area contributed by atoms with Crippen molar-refractivity contribution in [3.63, 3.8) is 0 Å². The zero-order valence-electron chi connectivity index (χ0n) is 31.2. The Morgan fingerprint density at radius 2 is 0.872 bits per heavy atom. The predicted molar refractivity (Wildman–Crippen MR) is 186 cm³/mol. The molecule has 2 N–H and O–H groups in total. The number of carbonyl (C=O) groups is 2. The summed E-state index contributed by atoms with van der Waals surface area (Å²) in [5.41, 5.74) is 2.78. The first kappa shape index (κ1) is 44.6. The number of aromatic hydroxyl groups is 2. The van der Waals surface area contributed by atoms with Crippen LogP contribution in [0.1, 0.15) is 176 Å². The molecule has 6 nitrogen and oxygen atoms in total. The molecule has 47 heavy (non-hydrogen) atoms. The number of benzene rings is 2. The third kappa shape index (κ3) is 16.5. The largest absolute Gasteiger partial charge is 2.00 e. The van der Waals surface area contributed by atoms with Crippen molar-refractivity contribution in [3.05, 3.63) is 57.6 Å². The van der Waals surface area contributed by atoms with Gasteiger partial charge in [-0.15, -0.1) is 0 Å². The van der Waals surface area contributed by atoms with Crippen molar-refractivity contribution in [2.45, 2.75) is 157 Å². The van der Waals surface area contributed by atoms with Gasteiger partial charge in [-0.3, -0.25) is 0 Å². The van der Waals surface area contributed by atoms with E-state index in [0.717, 1.165) is 59.8 Å². The molecule has 0 amide bonds. The molecule has 0 aliphatic rings. The Bertz CT molecular complexity index is 1150. The topological polar surface area (TPSA) is 121 Å². The Hall–Kier alpha value is -2.40. The normalized spacial score (nSPS) is 11.7. The van der Waals surface area contributed by atoms with Gasteiger partial charge >= 0.3 is 19.5 Å². The number of aromatic carboxylic acids is 2. The van der Waals surface area contributed by atoms with Crippen molar-refractivity contribution in [1.82, 2.24) is 0 Å². The third-order valence-electron chi connectivity index (χ3n) is 8.50. The van der Waals surface area contributed by atoms with E-state index in [9.17, 15) is 30.0 Å². The molecule has 0 heterocycles. The quantitative estimate of drug-likeness (QED) is 0.134. The average Bonchev–Trinajstić information content (AvgIpc) is 2.92. The van der Waals surface area contributed by atoms with E-state index in [1.54, 1.807) is 0 Å². The number of hydrogen-bond donors (Lipinski definition) is 2. The van der Waals surface area contributed by atoms with Gasteiger partial charge in [-0.05, 0) is 82.7 Å². The van der Waals surface area contributed by atoms with Crippen molar-refractivity contribution in [3.8, 4) is 11.5 Å². The SMILES string of the molecule is CC(C)CCCCCCc1cc(C(C)(C)C)cc(C(=O)[O-])c1O.CC(C)CCCCCCc1cc(C(C)(C)C)cc(C(=O)[O-])c1O.[Zn+2]. The Morgan fingerprint density at radius 3 is 1.13 bits per heavy atom. The zero-order chi connectivity index (χ0) is 35.2. The maximum absolute atomic E-state index is 11.3. The molecule has 0 aliphatic heterocycles. The van der Waals surface area contributed by atoms with Gasteiger partial charge in [0.15, 0.2) is 0 Å². The van der Waals surface area contributed by atoms with Crippen LogP contribution >= 0.6 is 0 Å². The van der Waals surface area contributed by atoms with Crippen molar-refractivity contribution in [2.24, 2.45) is 11.8 Å². The van der Waals surface area contributed by atoms with E-state index >= 15 is 0 Å². The summed E-state index contributed by atoms with van der Waals surface area (Å²) in [7, 11) is 0. The van der Waals surface area contributed by atoms with Crippen molar-refractivity contribution in [2.75, 3.05) is 0 Å². The van der Waals surface area contributed by atoms with Crippen LogP contribution in [0.25, 0.3) is 0 Å². The van der Waals surface area contributed by atoms with Crippen molar-refractivity contribution in [1.29, 1.82) is 0 Å². The minimum Gasteiger partial charge on any atom is -0.545 e. The Kier molecular flexibility index (Phi) is 19.8. The molecule has 0 spiro atoms. The summed E-state index contributed by atoms with van der Waals surface area (Å²) < 4.78 is 0. The summed E-state index contributed by atoms with van der Waals surface area (Å²) in [6.45, 7) is 21.1. The first-order valence-electron chi connectivity index (χ1n) is 17.4. The fourth-order valence-electron chi connectivity index (χ4n) is 5.39. The smallest absolute Gasteiger partial charge is 0.545 e. The number of phenols is 2. The summed E-state index contributed by atoms with van der Waals surface area (Å²) in [5, 5.41) is 42.9. The maximum atomic E-state index is 11.3. The molecular weight excluding hydrogens is 642 g/mol. The molecule has 0 fully saturated rings. The van der Waals surface area contributed by atoms with Gasteiger partial charge in [0.1, 0.15) is 11.5 Å². The van der Waals surface area contributed by atoms with Gasteiger partial charge in [0.05, 0.1) is 11.9 Å². The standard InChI is InChI=1S/2C20H32O3.Zn/c2*1-14(2)10-8-6-7-9-11-15-12-16(20(3,4)5)13-17(18(15)21)19(22)23;/h2*12-14,21H,6-11H2,1-5H3,(H,22,23);/q;;+2/p-2. The van der Waals surface area contributed by atoms with Crippen molar-refractivity contribution >= 4 is 11.9 Å². The monoisotopic (exact) mass is 702 g/mol. The summed E-state index contributed by atoms with van der Waals surface area (Å²) in [5.74, 6) is -1.39. The van der Waals surface area contributed by atoms with Crippen LogP contribution in [0.4, 0.5) is 0 Å². The zero-order valence-corrected chi connectivity index (χ0v) is 34.2. The van der Waals surface area contributed by atoms with Crippen LogP contribution in [0.5, 0.6) is 11.5 Å². The second-order valence-corrected chi connectivity index (χ2v) is 15.8. The van der Waals surface area contributed by atoms with Gasteiger partial charge in [0.25, 0.3) is 0 Å². The van der Waals surface area contributed by atoms with Gasteiger partial charge in [0.2, 0.25) is 0 Å². The molecule has 2 aromatic carbocycles. The first-order chi connectivity index (χ1) is 21.2. The number of unbranched alkanes of at least 4 members (excludes halogenated alkanes) is 6. The maximum Gasteiger partial charge on any atom is 2.00 e. The van der Waals surface area contributed by atoms with Crippen LogP contribution < -0.4 is 10.2 Å². The molecule has 0 unspecified atom stereocenters. The summed E-state index contributed by atoms with van der Waals surface area (Å²) in [6, 6.07) is 6.96. The van der Waals surface area contributed by atoms with E-state index in [2.05, 4.69) is 27.7 Å². The Balaban J connectivity index is 0.000000882. The van der Waals surface area contributed by atoms with Crippen LogP contribution in [0.2, 0.25) is 0 Å². The van der Waals surface area contributed by atoms with Gasteiger partial charge in [-0.1, -0.05) is 133 Å². The number of hydrogen-bond acceptors (Lipinski definition) is 6.